The highest BCUT2D eigenvalue weighted by molar-refractivity contribution is 6.33. The Balaban J connectivity index is 1.41. The van der Waals surface area contributed by atoms with Gasteiger partial charge >= 0.3 is 6.18 Å². The zero-order valence-electron chi connectivity index (χ0n) is 14.4. The molecule has 0 unspecified atom stereocenters. The summed E-state index contributed by atoms with van der Waals surface area (Å²) in [6.07, 6.45) is -1.74. The molecule has 0 N–H and O–H groups in total. The van der Waals surface area contributed by atoms with Crippen molar-refractivity contribution in [3.05, 3.63) is 22.8 Å². The van der Waals surface area contributed by atoms with Crippen LogP contribution < -0.4 is 4.90 Å². The number of hydrogen-bond acceptors (Lipinski definition) is 5. The lowest BCUT2D eigenvalue weighted by atomic mass is 10.1. The van der Waals surface area contributed by atoms with E-state index in [0.717, 1.165) is 25.1 Å². The van der Waals surface area contributed by atoms with Crippen molar-refractivity contribution < 1.29 is 22.8 Å². The van der Waals surface area contributed by atoms with Crippen molar-refractivity contribution in [2.45, 2.75) is 37.5 Å². The normalized spacial score (nSPS) is 24.8. The van der Waals surface area contributed by atoms with Gasteiger partial charge in [0.05, 0.1) is 23.0 Å². The maximum Gasteiger partial charge on any atom is 0.417 e. The molecule has 2 amide bonds. The van der Waals surface area contributed by atoms with Crippen LogP contribution in [0.2, 0.25) is 5.02 Å². The van der Waals surface area contributed by atoms with Crippen LogP contribution in [0.5, 0.6) is 0 Å². The molecule has 1 aromatic heterocycles. The predicted octanol–water partition coefficient (Wildman–Crippen LogP) is 2.17. The molecule has 3 heterocycles. The Kier molecular flexibility index (Phi) is 4.54. The van der Waals surface area contributed by atoms with Gasteiger partial charge in [-0.3, -0.25) is 19.4 Å². The van der Waals surface area contributed by atoms with Gasteiger partial charge in [-0.1, -0.05) is 11.6 Å². The number of likely N-dealkylation sites (tertiary alicyclic amines) is 1. The Hall–Kier alpha value is -1.87. The van der Waals surface area contributed by atoms with Gasteiger partial charge < -0.3 is 4.90 Å². The Morgan fingerprint density at radius 1 is 1.11 bits per heavy atom. The number of halogens is 4. The van der Waals surface area contributed by atoms with E-state index in [9.17, 15) is 22.8 Å². The number of aromatic nitrogens is 1. The largest absolute Gasteiger partial charge is 0.417 e. The Morgan fingerprint density at radius 3 is 2.33 bits per heavy atom. The third-order valence-corrected chi connectivity index (χ3v) is 5.55. The van der Waals surface area contributed by atoms with Crippen LogP contribution in [-0.4, -0.2) is 64.9 Å². The lowest BCUT2D eigenvalue weighted by Gasteiger charge is -2.37. The van der Waals surface area contributed by atoms with Crippen molar-refractivity contribution in [3.8, 4) is 0 Å². The van der Waals surface area contributed by atoms with Gasteiger partial charge in [-0.25, -0.2) is 4.98 Å². The predicted molar refractivity (Wildman–Crippen MR) is 91.3 cm³/mol. The number of rotatable bonds is 3. The highest BCUT2D eigenvalue weighted by atomic mass is 35.5. The van der Waals surface area contributed by atoms with E-state index in [1.54, 1.807) is 4.90 Å². The summed E-state index contributed by atoms with van der Waals surface area (Å²) >= 11 is 6.01. The first-order valence-corrected chi connectivity index (χ1v) is 9.21. The van der Waals surface area contributed by atoms with Crippen LogP contribution in [-0.2, 0) is 15.8 Å². The maximum absolute atomic E-state index is 12.7. The number of alkyl halides is 3. The van der Waals surface area contributed by atoms with Gasteiger partial charge in [0.2, 0.25) is 11.8 Å². The van der Waals surface area contributed by atoms with Crippen molar-refractivity contribution in [3.63, 3.8) is 0 Å². The molecule has 6 nitrogen and oxygen atoms in total. The molecular weight excluding hydrogens is 385 g/mol. The number of nitrogens with zero attached hydrogens (tertiary/aromatic N) is 4. The average Bonchev–Trinajstić information content (AvgIpc) is 3.39. The van der Waals surface area contributed by atoms with Crippen molar-refractivity contribution in [1.82, 2.24) is 14.8 Å². The number of amides is 2. The van der Waals surface area contributed by atoms with Crippen LogP contribution in [0.1, 0.15) is 24.8 Å². The molecule has 2 saturated heterocycles. The second-order valence-corrected chi connectivity index (χ2v) is 7.51. The van der Waals surface area contributed by atoms with E-state index in [-0.39, 0.29) is 29.3 Å². The topological polar surface area (TPSA) is 56.8 Å². The molecule has 0 radical (unpaired) electrons. The van der Waals surface area contributed by atoms with Crippen molar-refractivity contribution >= 4 is 29.2 Å². The minimum absolute atomic E-state index is 0.0506. The highest BCUT2D eigenvalue weighted by Crippen LogP contribution is 2.35. The quantitative estimate of drug-likeness (QED) is 0.725. The number of pyridine rings is 1. The van der Waals surface area contributed by atoms with Gasteiger partial charge in [-0.05, 0) is 18.9 Å². The molecule has 0 spiro atoms. The molecule has 1 aromatic rings. The molecule has 0 bridgehead atoms. The van der Waals surface area contributed by atoms with E-state index in [2.05, 4.69) is 4.98 Å². The van der Waals surface area contributed by atoms with Crippen LogP contribution in [0, 0.1) is 0 Å². The molecule has 1 atom stereocenters. The van der Waals surface area contributed by atoms with Crippen LogP contribution in [0.25, 0.3) is 0 Å². The Bertz CT molecular complexity index is 776. The van der Waals surface area contributed by atoms with Crippen molar-refractivity contribution in [2.24, 2.45) is 0 Å². The number of hydrogen-bond donors (Lipinski definition) is 0. The zero-order chi connectivity index (χ0) is 19.3. The summed E-state index contributed by atoms with van der Waals surface area (Å²) in [6.45, 7) is 1.97. The molecule has 2 aliphatic heterocycles. The third kappa shape index (κ3) is 3.50. The molecule has 1 aliphatic carbocycles. The molecule has 10 heteroatoms. The van der Waals surface area contributed by atoms with Gasteiger partial charge in [0.1, 0.15) is 5.82 Å². The second-order valence-electron chi connectivity index (χ2n) is 7.10. The molecular formula is C17H18ClF3N4O2. The fourth-order valence-electron chi connectivity index (χ4n) is 3.70. The van der Waals surface area contributed by atoms with Crippen LogP contribution in [0.4, 0.5) is 19.0 Å². The van der Waals surface area contributed by atoms with Gasteiger partial charge in [0.15, 0.2) is 0 Å². The van der Waals surface area contributed by atoms with E-state index in [1.807, 2.05) is 4.90 Å². The number of piperazine rings is 1. The first kappa shape index (κ1) is 18.5. The summed E-state index contributed by atoms with van der Waals surface area (Å²) in [7, 11) is 0. The first-order valence-electron chi connectivity index (χ1n) is 8.83. The molecule has 4 rings (SSSR count). The molecule has 3 fully saturated rings. The van der Waals surface area contributed by atoms with Crippen molar-refractivity contribution in [2.75, 3.05) is 31.1 Å². The van der Waals surface area contributed by atoms with Gasteiger partial charge in [0, 0.05) is 38.4 Å². The molecule has 3 aliphatic rings. The molecule has 1 saturated carbocycles. The first-order chi connectivity index (χ1) is 12.8. The fourth-order valence-corrected chi connectivity index (χ4v) is 3.99. The summed E-state index contributed by atoms with van der Waals surface area (Å²) in [5.74, 6) is 0.0711. The molecule has 27 heavy (non-hydrogen) atoms. The van der Waals surface area contributed by atoms with Gasteiger partial charge in [-0.2, -0.15) is 13.2 Å². The molecule has 0 aromatic carbocycles. The van der Waals surface area contributed by atoms with Crippen LogP contribution in [0.3, 0.4) is 0 Å². The Morgan fingerprint density at radius 2 is 1.78 bits per heavy atom. The summed E-state index contributed by atoms with van der Waals surface area (Å²) in [5, 5.41) is -0.0506. The van der Waals surface area contributed by atoms with Gasteiger partial charge in [-0.15, -0.1) is 0 Å². The van der Waals surface area contributed by atoms with E-state index in [4.69, 9.17) is 11.6 Å². The number of anilines is 1. The monoisotopic (exact) mass is 402 g/mol. The zero-order valence-corrected chi connectivity index (χ0v) is 15.1. The summed E-state index contributed by atoms with van der Waals surface area (Å²) in [4.78, 5) is 33.7. The molecule has 146 valence electrons. The number of carbonyl (C=O) groups excluding carboxylic acids is 2. The fraction of sp³-hybridized carbons (Fsp3) is 0.588. The summed E-state index contributed by atoms with van der Waals surface area (Å²) in [5.41, 5.74) is -0.884. The van der Waals surface area contributed by atoms with Crippen LogP contribution >= 0.6 is 11.6 Å². The standard InChI is InChI=1S/C17H18ClF3N4O2/c18-12-7-10(17(19,20)21)9-22-15(12)24-5-3-23(4-6-24)13-8-14(26)25(16(13)27)11-1-2-11/h7,9,11,13H,1-6,8H2/t13-/m1/s1. The summed E-state index contributed by atoms with van der Waals surface area (Å²) in [6, 6.07) is 0.519. The summed E-state index contributed by atoms with van der Waals surface area (Å²) < 4.78 is 38.2. The maximum atomic E-state index is 12.7. The smallest absolute Gasteiger partial charge is 0.353 e. The van der Waals surface area contributed by atoms with E-state index < -0.39 is 17.8 Å². The SMILES string of the molecule is O=C1C[C@@H](N2CCN(c3ncc(C(F)(F)F)cc3Cl)CC2)C(=O)N1C1CC1. The number of imide groups is 1. The van der Waals surface area contributed by atoms with Crippen LogP contribution in [0.15, 0.2) is 12.3 Å². The lowest BCUT2D eigenvalue weighted by Crippen LogP contribution is -2.53. The third-order valence-electron chi connectivity index (χ3n) is 5.27. The average molecular weight is 403 g/mol. The lowest BCUT2D eigenvalue weighted by molar-refractivity contribution is -0.140. The Labute approximate surface area is 158 Å². The van der Waals surface area contributed by atoms with E-state index in [1.165, 1.54) is 4.90 Å². The minimum Gasteiger partial charge on any atom is -0.353 e. The van der Waals surface area contributed by atoms with E-state index in [0.29, 0.717) is 32.0 Å². The second kappa shape index (κ2) is 6.63. The minimum atomic E-state index is -4.49. The van der Waals surface area contributed by atoms with Gasteiger partial charge in [0.25, 0.3) is 0 Å². The van der Waals surface area contributed by atoms with Crippen molar-refractivity contribution in [1.29, 1.82) is 0 Å². The number of carbonyl (C=O) groups is 2. The van der Waals surface area contributed by atoms with E-state index >= 15 is 0 Å². The highest BCUT2D eigenvalue weighted by Gasteiger charge is 2.48.